The molecule has 1 atom stereocenters. The molecule has 0 spiro atoms. The van der Waals surface area contributed by atoms with Gasteiger partial charge in [0.05, 0.1) is 12.9 Å². The van der Waals surface area contributed by atoms with Crippen LogP contribution in [0.4, 0.5) is 0 Å². The molecule has 22 heavy (non-hydrogen) atoms. The van der Waals surface area contributed by atoms with Crippen molar-refractivity contribution in [2.45, 2.75) is 32.7 Å². The highest BCUT2D eigenvalue weighted by Crippen LogP contribution is 2.39. The number of allylic oxidation sites excluding steroid dienone is 3. The van der Waals surface area contributed by atoms with Gasteiger partial charge in [-0.1, -0.05) is 62.4 Å². The van der Waals surface area contributed by atoms with E-state index in [0.29, 0.717) is 0 Å². The maximum absolute atomic E-state index is 6.11. The van der Waals surface area contributed by atoms with Gasteiger partial charge in [0.2, 0.25) is 0 Å². The average Bonchev–Trinajstić information content (AvgIpc) is 2.53. The highest BCUT2D eigenvalue weighted by molar-refractivity contribution is 5.85. The normalized spacial score (nSPS) is 21.6. The van der Waals surface area contributed by atoms with Crippen LogP contribution < -0.4 is 5.73 Å². The second-order valence-electron chi connectivity index (χ2n) is 5.96. The Kier molecular flexibility index (Phi) is 7.43. The van der Waals surface area contributed by atoms with E-state index in [0.717, 1.165) is 6.61 Å². The molecule has 1 aromatic carbocycles. The van der Waals surface area contributed by atoms with Crippen LogP contribution in [0.25, 0.3) is 5.57 Å². The Morgan fingerprint density at radius 3 is 2.41 bits per heavy atom. The van der Waals surface area contributed by atoms with Gasteiger partial charge in [0.1, 0.15) is 0 Å². The molecule has 3 rings (SSSR count). The Balaban J connectivity index is 0.000000293. The Morgan fingerprint density at radius 2 is 1.91 bits per heavy atom. The number of halogens is 1. The van der Waals surface area contributed by atoms with E-state index in [4.69, 9.17) is 10.5 Å². The molecule has 0 saturated carbocycles. The lowest BCUT2D eigenvalue weighted by Gasteiger charge is -2.35. The SMILES string of the molecule is C1=COCCC1.CC1(C)C(c2ccccc2)=CC=CC1N.Cl. The summed E-state index contributed by atoms with van der Waals surface area (Å²) in [5.74, 6) is 0. The first-order chi connectivity index (χ1) is 10.1. The zero-order valence-corrected chi connectivity index (χ0v) is 14.2. The fraction of sp³-hybridized carbons (Fsp3) is 0.368. The maximum atomic E-state index is 6.11. The number of rotatable bonds is 1. The Bertz CT molecular complexity index is 524. The third kappa shape index (κ3) is 4.75. The largest absolute Gasteiger partial charge is 0.502 e. The van der Waals surface area contributed by atoms with Crippen molar-refractivity contribution in [3.8, 4) is 0 Å². The summed E-state index contributed by atoms with van der Waals surface area (Å²) >= 11 is 0. The van der Waals surface area contributed by atoms with Gasteiger partial charge in [-0.15, -0.1) is 12.4 Å². The third-order valence-electron chi connectivity index (χ3n) is 4.02. The molecule has 3 heteroatoms. The topological polar surface area (TPSA) is 35.2 Å². The minimum Gasteiger partial charge on any atom is -0.502 e. The first kappa shape index (κ1) is 18.5. The number of nitrogens with two attached hydrogens (primary N) is 1. The van der Waals surface area contributed by atoms with Gasteiger partial charge in [0.15, 0.2) is 0 Å². The first-order valence-corrected chi connectivity index (χ1v) is 7.59. The molecule has 0 amide bonds. The smallest absolute Gasteiger partial charge is 0.0876 e. The molecule has 1 aliphatic heterocycles. The van der Waals surface area contributed by atoms with Crippen LogP contribution in [0.3, 0.4) is 0 Å². The molecule has 1 unspecified atom stereocenters. The molecule has 0 fully saturated rings. The van der Waals surface area contributed by atoms with Gasteiger partial charge in [-0.2, -0.15) is 0 Å². The lowest BCUT2D eigenvalue weighted by Crippen LogP contribution is -2.37. The summed E-state index contributed by atoms with van der Waals surface area (Å²) < 4.78 is 4.89. The second-order valence-corrected chi connectivity index (χ2v) is 5.96. The van der Waals surface area contributed by atoms with E-state index < -0.39 is 0 Å². The van der Waals surface area contributed by atoms with Crippen LogP contribution in [0.5, 0.6) is 0 Å². The van der Waals surface area contributed by atoms with Crippen molar-refractivity contribution >= 4 is 18.0 Å². The third-order valence-corrected chi connectivity index (χ3v) is 4.02. The lowest BCUT2D eigenvalue weighted by atomic mass is 9.72. The quantitative estimate of drug-likeness (QED) is 0.812. The maximum Gasteiger partial charge on any atom is 0.0876 e. The lowest BCUT2D eigenvalue weighted by molar-refractivity contribution is 0.231. The minimum atomic E-state index is 0. The number of hydrogen-bond donors (Lipinski definition) is 1. The van der Waals surface area contributed by atoms with Gasteiger partial charge in [0, 0.05) is 11.5 Å². The van der Waals surface area contributed by atoms with E-state index in [1.165, 1.54) is 24.0 Å². The molecule has 1 aromatic rings. The minimum absolute atomic E-state index is 0. The fourth-order valence-electron chi connectivity index (χ4n) is 2.48. The van der Waals surface area contributed by atoms with Crippen LogP contribution in [0, 0.1) is 5.41 Å². The van der Waals surface area contributed by atoms with Crippen molar-refractivity contribution in [1.29, 1.82) is 0 Å². The highest BCUT2D eigenvalue weighted by Gasteiger charge is 2.31. The number of hydrogen-bond acceptors (Lipinski definition) is 2. The molecule has 2 aliphatic rings. The molecule has 2 N–H and O–H groups in total. The van der Waals surface area contributed by atoms with E-state index in [9.17, 15) is 0 Å². The zero-order valence-electron chi connectivity index (χ0n) is 13.4. The van der Waals surface area contributed by atoms with Gasteiger partial charge in [-0.25, -0.2) is 0 Å². The van der Waals surface area contributed by atoms with Crippen LogP contribution >= 0.6 is 12.4 Å². The number of ether oxygens (including phenoxy) is 1. The van der Waals surface area contributed by atoms with Gasteiger partial charge < -0.3 is 10.5 Å². The van der Waals surface area contributed by atoms with Crippen molar-refractivity contribution in [1.82, 2.24) is 0 Å². The standard InChI is InChI=1S/C14H17N.C5H8O.ClH/c1-14(2)12(9-6-10-13(14)15)11-7-4-3-5-8-11;1-2-4-6-5-3-1;/h3-10,13H,15H2,1-2H3;2,4H,1,3,5H2;1H. The monoisotopic (exact) mass is 319 g/mol. The van der Waals surface area contributed by atoms with Crippen LogP contribution in [-0.2, 0) is 4.74 Å². The molecular formula is C19H26ClNO. The van der Waals surface area contributed by atoms with E-state index in [-0.39, 0.29) is 23.9 Å². The summed E-state index contributed by atoms with van der Waals surface area (Å²) in [5, 5.41) is 0. The second kappa shape index (κ2) is 8.82. The van der Waals surface area contributed by atoms with Gasteiger partial charge in [0.25, 0.3) is 0 Å². The van der Waals surface area contributed by atoms with Crippen molar-refractivity contribution < 1.29 is 4.74 Å². The van der Waals surface area contributed by atoms with E-state index in [2.05, 4.69) is 56.3 Å². The van der Waals surface area contributed by atoms with Gasteiger partial charge >= 0.3 is 0 Å². The molecule has 0 bridgehead atoms. The van der Waals surface area contributed by atoms with Gasteiger partial charge in [-0.3, -0.25) is 0 Å². The average molecular weight is 320 g/mol. The summed E-state index contributed by atoms with van der Waals surface area (Å²) in [5.41, 5.74) is 8.71. The molecule has 0 aromatic heterocycles. The van der Waals surface area contributed by atoms with E-state index >= 15 is 0 Å². The predicted octanol–water partition coefficient (Wildman–Crippen LogP) is 4.73. The van der Waals surface area contributed by atoms with Crippen LogP contribution in [0.1, 0.15) is 32.3 Å². The summed E-state index contributed by atoms with van der Waals surface area (Å²) in [6, 6.07) is 10.5. The van der Waals surface area contributed by atoms with E-state index in [1.807, 2.05) is 12.1 Å². The van der Waals surface area contributed by atoms with Crippen molar-refractivity contribution in [3.05, 3.63) is 66.5 Å². The molecule has 1 aliphatic carbocycles. The van der Waals surface area contributed by atoms with Gasteiger partial charge in [-0.05, 0) is 30.1 Å². The van der Waals surface area contributed by atoms with Crippen molar-refractivity contribution in [3.63, 3.8) is 0 Å². The Morgan fingerprint density at radius 1 is 1.18 bits per heavy atom. The van der Waals surface area contributed by atoms with Crippen LogP contribution in [0.2, 0.25) is 0 Å². The highest BCUT2D eigenvalue weighted by atomic mass is 35.5. The molecule has 0 saturated heterocycles. The van der Waals surface area contributed by atoms with Crippen LogP contribution in [-0.4, -0.2) is 12.6 Å². The van der Waals surface area contributed by atoms with Crippen molar-refractivity contribution in [2.75, 3.05) is 6.61 Å². The molecule has 0 radical (unpaired) electrons. The van der Waals surface area contributed by atoms with Crippen LogP contribution in [0.15, 0.2) is 60.9 Å². The summed E-state index contributed by atoms with van der Waals surface area (Å²) in [4.78, 5) is 0. The molecule has 120 valence electrons. The summed E-state index contributed by atoms with van der Waals surface area (Å²) in [7, 11) is 0. The fourth-order valence-corrected chi connectivity index (χ4v) is 2.48. The summed E-state index contributed by atoms with van der Waals surface area (Å²) in [6.07, 6.45) is 12.5. The zero-order chi connectivity index (χ0) is 15.1. The Hall–Kier alpha value is -1.51. The molecular weight excluding hydrogens is 294 g/mol. The first-order valence-electron chi connectivity index (χ1n) is 7.59. The van der Waals surface area contributed by atoms with Crippen molar-refractivity contribution in [2.24, 2.45) is 11.1 Å². The van der Waals surface area contributed by atoms with E-state index in [1.54, 1.807) is 6.26 Å². The predicted molar refractivity (Wildman–Crippen MR) is 96.9 cm³/mol. The summed E-state index contributed by atoms with van der Waals surface area (Å²) in [6.45, 7) is 5.30. The molecule has 2 nitrogen and oxygen atoms in total. The molecule has 1 heterocycles. The number of benzene rings is 1. The Labute approximate surface area is 140 Å².